The Morgan fingerprint density at radius 2 is 1.46 bits per heavy atom. The van der Waals surface area contributed by atoms with Gasteiger partial charge in [-0.15, -0.1) is 0 Å². The highest BCUT2D eigenvalue weighted by molar-refractivity contribution is 4.71. The van der Waals surface area contributed by atoms with E-state index in [1.165, 1.54) is 19.3 Å². The summed E-state index contributed by atoms with van der Waals surface area (Å²) in [6.07, 6.45) is 3.80. The van der Waals surface area contributed by atoms with Crippen LogP contribution in [0.1, 0.15) is 53.9 Å². The lowest BCUT2D eigenvalue weighted by Crippen LogP contribution is -2.31. The Balaban J connectivity index is 3.55. The molecule has 1 nitrogen and oxygen atoms in total. The molecule has 0 bridgehead atoms. The summed E-state index contributed by atoms with van der Waals surface area (Å²) in [5.74, 6) is 2.20. The molecule has 0 aliphatic heterocycles. The van der Waals surface area contributed by atoms with Gasteiger partial charge in [0, 0.05) is 6.04 Å². The molecule has 0 saturated carbocycles. The first kappa shape index (κ1) is 13.0. The van der Waals surface area contributed by atoms with E-state index < -0.39 is 0 Å². The third-order valence-electron chi connectivity index (χ3n) is 3.05. The average molecular weight is 185 g/mol. The van der Waals surface area contributed by atoms with E-state index in [1.807, 2.05) is 0 Å². The van der Waals surface area contributed by atoms with Crippen molar-refractivity contribution in [3.05, 3.63) is 0 Å². The molecule has 0 aliphatic rings. The second kappa shape index (κ2) is 6.42. The molecular weight excluding hydrogens is 158 g/mol. The minimum absolute atomic E-state index is 0.402. The lowest BCUT2D eigenvalue weighted by Gasteiger charge is -2.23. The zero-order chi connectivity index (χ0) is 10.4. The van der Waals surface area contributed by atoms with Crippen LogP contribution in [0.3, 0.4) is 0 Å². The smallest absolute Gasteiger partial charge is 0.00669 e. The van der Waals surface area contributed by atoms with Crippen LogP contribution in [0.15, 0.2) is 0 Å². The Bertz CT molecular complexity index is 118. The van der Waals surface area contributed by atoms with Gasteiger partial charge in [-0.1, -0.05) is 47.5 Å². The van der Waals surface area contributed by atoms with Crippen LogP contribution >= 0.6 is 0 Å². The highest BCUT2D eigenvalue weighted by Gasteiger charge is 2.15. The quantitative estimate of drug-likeness (QED) is 0.674. The van der Waals surface area contributed by atoms with Crippen LogP contribution in [-0.4, -0.2) is 6.04 Å². The Kier molecular flexibility index (Phi) is 6.40. The zero-order valence-electron chi connectivity index (χ0n) is 10.0. The summed E-state index contributed by atoms with van der Waals surface area (Å²) in [6.45, 7) is 11.3. The van der Waals surface area contributed by atoms with Crippen LogP contribution < -0.4 is 5.73 Å². The Hall–Kier alpha value is -0.0400. The molecule has 2 unspecified atom stereocenters. The number of hydrogen-bond acceptors (Lipinski definition) is 1. The molecule has 2 atom stereocenters. The predicted molar refractivity (Wildman–Crippen MR) is 60.7 cm³/mol. The van der Waals surface area contributed by atoms with Gasteiger partial charge in [-0.05, 0) is 24.2 Å². The normalized spacial score (nSPS) is 16.6. The van der Waals surface area contributed by atoms with Gasteiger partial charge in [0.25, 0.3) is 0 Å². The van der Waals surface area contributed by atoms with Gasteiger partial charge in [0.05, 0.1) is 0 Å². The second-order valence-electron chi connectivity index (χ2n) is 5.09. The van der Waals surface area contributed by atoms with Gasteiger partial charge < -0.3 is 5.73 Å². The first-order valence-electron chi connectivity index (χ1n) is 5.70. The molecule has 1 heteroatoms. The van der Waals surface area contributed by atoms with Crippen LogP contribution in [0.4, 0.5) is 0 Å². The van der Waals surface area contributed by atoms with Gasteiger partial charge in [-0.25, -0.2) is 0 Å². The molecule has 0 heterocycles. The highest BCUT2D eigenvalue weighted by Crippen LogP contribution is 2.18. The first-order chi connectivity index (χ1) is 5.95. The fraction of sp³-hybridized carbons (Fsp3) is 1.00. The van der Waals surface area contributed by atoms with Crippen LogP contribution in [0.25, 0.3) is 0 Å². The molecule has 0 fully saturated rings. The van der Waals surface area contributed by atoms with E-state index in [0.29, 0.717) is 17.9 Å². The van der Waals surface area contributed by atoms with Crippen LogP contribution in [0.5, 0.6) is 0 Å². The molecule has 0 aliphatic carbocycles. The zero-order valence-corrected chi connectivity index (χ0v) is 10.0. The summed E-state index contributed by atoms with van der Waals surface area (Å²) < 4.78 is 0. The lowest BCUT2D eigenvalue weighted by molar-refractivity contribution is 0.322. The van der Waals surface area contributed by atoms with E-state index in [9.17, 15) is 0 Å². The molecule has 0 saturated heterocycles. The van der Waals surface area contributed by atoms with Crippen LogP contribution in [-0.2, 0) is 0 Å². The van der Waals surface area contributed by atoms with Crippen molar-refractivity contribution in [1.82, 2.24) is 0 Å². The summed E-state index contributed by atoms with van der Waals surface area (Å²) in [5, 5.41) is 0. The van der Waals surface area contributed by atoms with Gasteiger partial charge in [-0.3, -0.25) is 0 Å². The van der Waals surface area contributed by atoms with Crippen molar-refractivity contribution in [2.24, 2.45) is 23.5 Å². The predicted octanol–water partition coefficient (Wildman–Crippen LogP) is 3.43. The molecule has 0 radical (unpaired) electrons. The van der Waals surface area contributed by atoms with Crippen LogP contribution in [0.2, 0.25) is 0 Å². The third-order valence-corrected chi connectivity index (χ3v) is 3.05. The number of hydrogen-bond donors (Lipinski definition) is 1. The van der Waals surface area contributed by atoms with Gasteiger partial charge >= 0.3 is 0 Å². The van der Waals surface area contributed by atoms with Gasteiger partial charge in [-0.2, -0.15) is 0 Å². The summed E-state index contributed by atoms with van der Waals surface area (Å²) >= 11 is 0. The summed E-state index contributed by atoms with van der Waals surface area (Å²) in [7, 11) is 0. The van der Waals surface area contributed by atoms with E-state index in [0.717, 1.165) is 5.92 Å². The Morgan fingerprint density at radius 3 is 1.85 bits per heavy atom. The number of nitrogens with two attached hydrogens (primary N) is 1. The Labute approximate surface area is 84.1 Å². The average Bonchev–Trinajstić information content (AvgIpc) is 2.02. The SMILES string of the molecule is CC(C)CCCC(N)C(C)C(C)C. The summed E-state index contributed by atoms with van der Waals surface area (Å²) in [5.41, 5.74) is 6.10. The van der Waals surface area contributed by atoms with E-state index >= 15 is 0 Å². The lowest BCUT2D eigenvalue weighted by atomic mass is 9.87. The van der Waals surface area contributed by atoms with Crippen molar-refractivity contribution in [2.75, 3.05) is 0 Å². The maximum atomic E-state index is 6.10. The highest BCUT2D eigenvalue weighted by atomic mass is 14.6. The topological polar surface area (TPSA) is 26.0 Å². The fourth-order valence-corrected chi connectivity index (χ4v) is 1.52. The first-order valence-corrected chi connectivity index (χ1v) is 5.70. The minimum atomic E-state index is 0.402. The van der Waals surface area contributed by atoms with E-state index in [4.69, 9.17) is 5.73 Å². The summed E-state index contributed by atoms with van der Waals surface area (Å²) in [4.78, 5) is 0. The molecule has 0 aromatic rings. The van der Waals surface area contributed by atoms with E-state index in [-0.39, 0.29) is 0 Å². The van der Waals surface area contributed by atoms with Crippen molar-refractivity contribution in [1.29, 1.82) is 0 Å². The van der Waals surface area contributed by atoms with Crippen molar-refractivity contribution in [3.8, 4) is 0 Å². The monoisotopic (exact) mass is 185 g/mol. The van der Waals surface area contributed by atoms with E-state index in [1.54, 1.807) is 0 Å². The van der Waals surface area contributed by atoms with Crippen molar-refractivity contribution in [2.45, 2.75) is 59.9 Å². The van der Waals surface area contributed by atoms with Gasteiger partial charge in [0.15, 0.2) is 0 Å². The molecule has 0 aromatic heterocycles. The largest absolute Gasteiger partial charge is 0.327 e. The van der Waals surface area contributed by atoms with Crippen molar-refractivity contribution < 1.29 is 0 Å². The molecule has 0 amide bonds. The summed E-state index contributed by atoms with van der Waals surface area (Å²) in [6, 6.07) is 0.402. The molecule has 13 heavy (non-hydrogen) atoms. The maximum Gasteiger partial charge on any atom is 0.00669 e. The Morgan fingerprint density at radius 1 is 0.923 bits per heavy atom. The van der Waals surface area contributed by atoms with Crippen molar-refractivity contribution >= 4 is 0 Å². The van der Waals surface area contributed by atoms with Crippen LogP contribution in [0, 0.1) is 17.8 Å². The molecule has 2 N–H and O–H groups in total. The molecule has 0 aromatic carbocycles. The third kappa shape index (κ3) is 6.09. The van der Waals surface area contributed by atoms with Crippen molar-refractivity contribution in [3.63, 3.8) is 0 Å². The molecule has 0 spiro atoms. The second-order valence-corrected chi connectivity index (χ2v) is 5.09. The van der Waals surface area contributed by atoms with Gasteiger partial charge in [0.1, 0.15) is 0 Å². The number of rotatable bonds is 6. The van der Waals surface area contributed by atoms with Gasteiger partial charge in [0.2, 0.25) is 0 Å². The van der Waals surface area contributed by atoms with E-state index in [2.05, 4.69) is 34.6 Å². The molecular formula is C12H27N. The molecule has 0 rings (SSSR count). The molecule has 80 valence electrons. The maximum absolute atomic E-state index is 6.10. The standard InChI is InChI=1S/C12H27N/c1-9(2)7-6-8-12(13)11(5)10(3)4/h9-12H,6-8,13H2,1-5H3. The fourth-order valence-electron chi connectivity index (χ4n) is 1.52. The minimum Gasteiger partial charge on any atom is -0.327 e.